The summed E-state index contributed by atoms with van der Waals surface area (Å²) in [5.74, 6) is -0.188. The average Bonchev–Trinajstić information content (AvgIpc) is 2.67. The summed E-state index contributed by atoms with van der Waals surface area (Å²) in [6.45, 7) is 7.19. The van der Waals surface area contributed by atoms with Crippen LogP contribution in [-0.4, -0.2) is 21.4 Å². The first-order chi connectivity index (χ1) is 13.2. The van der Waals surface area contributed by atoms with E-state index in [4.69, 9.17) is 0 Å². The standard InChI is InChI=1S/C22H24N2O3S/c1-5-6-7-9-18(3)22(25)24(4)20-11-8-10-19(16-20)23-28(26,27)21-14-12-17(2)13-15-21/h5-16,23H,1H2,2-4H3/b7-6-,18-9+. The van der Waals surface area contributed by atoms with Crippen LogP contribution in [0.5, 0.6) is 0 Å². The van der Waals surface area contributed by atoms with E-state index in [-0.39, 0.29) is 10.8 Å². The molecule has 0 saturated heterocycles. The van der Waals surface area contributed by atoms with Crippen LogP contribution in [0.2, 0.25) is 0 Å². The lowest BCUT2D eigenvalue weighted by Gasteiger charge is -2.19. The summed E-state index contributed by atoms with van der Waals surface area (Å²) in [5, 5.41) is 0. The Bertz CT molecular complexity index is 1020. The summed E-state index contributed by atoms with van der Waals surface area (Å²) in [5.41, 5.74) is 2.49. The van der Waals surface area contributed by atoms with Crippen molar-refractivity contribution in [2.75, 3.05) is 16.7 Å². The molecule has 0 aliphatic heterocycles. The van der Waals surface area contributed by atoms with Gasteiger partial charge in [-0.1, -0.05) is 54.6 Å². The zero-order chi connectivity index (χ0) is 20.7. The summed E-state index contributed by atoms with van der Waals surface area (Å²) in [6.07, 6.45) is 6.80. The van der Waals surface area contributed by atoms with Crippen molar-refractivity contribution in [3.05, 3.63) is 90.6 Å². The number of carbonyl (C=O) groups is 1. The van der Waals surface area contributed by atoms with Crippen LogP contribution < -0.4 is 9.62 Å². The summed E-state index contributed by atoms with van der Waals surface area (Å²) >= 11 is 0. The van der Waals surface area contributed by atoms with Crippen LogP contribution in [0.4, 0.5) is 11.4 Å². The molecule has 0 bridgehead atoms. The highest BCUT2D eigenvalue weighted by Crippen LogP contribution is 2.22. The number of carbonyl (C=O) groups excluding carboxylic acids is 1. The van der Waals surface area contributed by atoms with Crippen molar-refractivity contribution in [2.24, 2.45) is 0 Å². The van der Waals surface area contributed by atoms with Gasteiger partial charge in [-0.15, -0.1) is 0 Å². The summed E-state index contributed by atoms with van der Waals surface area (Å²) in [6, 6.07) is 13.3. The minimum Gasteiger partial charge on any atom is -0.312 e. The van der Waals surface area contributed by atoms with Crippen LogP contribution in [0.3, 0.4) is 0 Å². The molecule has 0 heterocycles. The van der Waals surface area contributed by atoms with Gasteiger partial charge in [-0.05, 0) is 44.2 Å². The van der Waals surface area contributed by atoms with E-state index < -0.39 is 10.0 Å². The number of amides is 1. The van der Waals surface area contributed by atoms with E-state index in [0.717, 1.165) is 5.56 Å². The smallest absolute Gasteiger partial charge is 0.261 e. The number of likely N-dealkylation sites (N-methyl/N-ethyl adjacent to an activating group) is 1. The van der Waals surface area contributed by atoms with Crippen LogP contribution in [0.15, 0.2) is 89.9 Å². The van der Waals surface area contributed by atoms with Gasteiger partial charge >= 0.3 is 0 Å². The van der Waals surface area contributed by atoms with E-state index >= 15 is 0 Å². The zero-order valence-electron chi connectivity index (χ0n) is 16.2. The van der Waals surface area contributed by atoms with Crippen molar-refractivity contribution in [3.63, 3.8) is 0 Å². The Morgan fingerprint density at radius 3 is 2.43 bits per heavy atom. The van der Waals surface area contributed by atoms with Crippen LogP contribution >= 0.6 is 0 Å². The number of nitrogens with zero attached hydrogens (tertiary/aromatic N) is 1. The minimum absolute atomic E-state index is 0.181. The van der Waals surface area contributed by atoms with Gasteiger partial charge in [-0.2, -0.15) is 0 Å². The number of nitrogens with one attached hydrogen (secondary N) is 1. The molecular formula is C22H24N2O3S. The van der Waals surface area contributed by atoms with Gasteiger partial charge in [0.1, 0.15) is 0 Å². The van der Waals surface area contributed by atoms with Gasteiger partial charge in [0.25, 0.3) is 15.9 Å². The van der Waals surface area contributed by atoms with Gasteiger partial charge in [0.05, 0.1) is 10.6 Å². The number of sulfonamides is 1. The minimum atomic E-state index is -3.71. The Morgan fingerprint density at radius 2 is 1.79 bits per heavy atom. The maximum absolute atomic E-state index is 12.6. The van der Waals surface area contributed by atoms with Crippen LogP contribution in [0.25, 0.3) is 0 Å². The Labute approximate surface area is 166 Å². The molecule has 0 fully saturated rings. The fourth-order valence-corrected chi connectivity index (χ4v) is 3.49. The second-order valence-electron chi connectivity index (χ2n) is 6.30. The van der Waals surface area contributed by atoms with Crippen molar-refractivity contribution in [2.45, 2.75) is 18.7 Å². The van der Waals surface area contributed by atoms with Gasteiger partial charge < -0.3 is 4.90 Å². The first-order valence-corrected chi connectivity index (χ1v) is 10.2. The molecule has 5 nitrogen and oxygen atoms in total. The third-order valence-electron chi connectivity index (χ3n) is 4.05. The Balaban J connectivity index is 2.22. The van der Waals surface area contributed by atoms with Gasteiger partial charge in [-0.25, -0.2) is 8.42 Å². The van der Waals surface area contributed by atoms with Crippen molar-refractivity contribution in [1.82, 2.24) is 0 Å². The quantitative estimate of drug-likeness (QED) is 0.555. The number of rotatable bonds is 7. The van der Waals surface area contributed by atoms with E-state index in [1.54, 1.807) is 86.8 Å². The molecule has 0 atom stereocenters. The monoisotopic (exact) mass is 396 g/mol. The number of anilines is 2. The second kappa shape index (κ2) is 9.19. The topological polar surface area (TPSA) is 66.5 Å². The zero-order valence-corrected chi connectivity index (χ0v) is 17.0. The second-order valence-corrected chi connectivity index (χ2v) is 7.99. The number of hydrogen-bond donors (Lipinski definition) is 1. The molecule has 2 aromatic rings. The van der Waals surface area contributed by atoms with Crippen molar-refractivity contribution < 1.29 is 13.2 Å². The molecule has 0 aliphatic rings. The summed E-state index contributed by atoms with van der Waals surface area (Å²) < 4.78 is 27.7. The van der Waals surface area contributed by atoms with E-state index in [1.165, 1.54) is 4.90 Å². The van der Waals surface area contributed by atoms with E-state index in [0.29, 0.717) is 16.9 Å². The molecule has 2 aromatic carbocycles. The highest BCUT2D eigenvalue weighted by molar-refractivity contribution is 7.92. The number of benzene rings is 2. The SMILES string of the molecule is C=C/C=C\C=C(/C)C(=O)N(C)c1cccc(NS(=O)(=O)c2ccc(C)cc2)c1. The predicted molar refractivity (Wildman–Crippen MR) is 115 cm³/mol. The Kier molecular flexibility index (Phi) is 6.95. The molecule has 0 aromatic heterocycles. The van der Waals surface area contributed by atoms with E-state index in [9.17, 15) is 13.2 Å². The predicted octanol–water partition coefficient (Wildman–Crippen LogP) is 4.45. The number of aryl methyl sites for hydroxylation is 1. The highest BCUT2D eigenvalue weighted by atomic mass is 32.2. The lowest BCUT2D eigenvalue weighted by molar-refractivity contribution is -0.114. The molecule has 1 amide bonds. The van der Waals surface area contributed by atoms with Crippen molar-refractivity contribution in [1.29, 1.82) is 0 Å². The lowest BCUT2D eigenvalue weighted by atomic mass is 10.2. The summed E-state index contributed by atoms with van der Waals surface area (Å²) in [4.78, 5) is 14.2. The highest BCUT2D eigenvalue weighted by Gasteiger charge is 2.16. The molecule has 28 heavy (non-hydrogen) atoms. The van der Waals surface area contributed by atoms with Gasteiger partial charge in [-0.3, -0.25) is 9.52 Å². The van der Waals surface area contributed by atoms with Gasteiger partial charge in [0, 0.05) is 18.3 Å². The van der Waals surface area contributed by atoms with Gasteiger partial charge in [0.2, 0.25) is 0 Å². The molecule has 0 radical (unpaired) electrons. The first-order valence-electron chi connectivity index (χ1n) is 8.68. The normalized spacial score (nSPS) is 12.0. The van der Waals surface area contributed by atoms with Crippen LogP contribution in [-0.2, 0) is 14.8 Å². The molecule has 146 valence electrons. The third-order valence-corrected chi connectivity index (χ3v) is 5.45. The molecule has 0 aliphatic carbocycles. The molecule has 1 N–H and O–H groups in total. The van der Waals surface area contributed by atoms with Crippen LogP contribution in [0, 0.1) is 6.92 Å². The van der Waals surface area contributed by atoms with Crippen molar-refractivity contribution in [3.8, 4) is 0 Å². The molecule has 0 unspecified atom stereocenters. The Morgan fingerprint density at radius 1 is 1.11 bits per heavy atom. The summed E-state index contributed by atoms with van der Waals surface area (Å²) in [7, 11) is -2.06. The number of hydrogen-bond acceptors (Lipinski definition) is 3. The molecule has 0 spiro atoms. The molecule has 0 saturated carbocycles. The maximum atomic E-state index is 12.6. The average molecular weight is 397 g/mol. The van der Waals surface area contributed by atoms with Crippen molar-refractivity contribution >= 4 is 27.3 Å². The fraction of sp³-hybridized carbons (Fsp3) is 0.136. The molecule has 6 heteroatoms. The van der Waals surface area contributed by atoms with Gasteiger partial charge in [0.15, 0.2) is 0 Å². The van der Waals surface area contributed by atoms with E-state index in [2.05, 4.69) is 11.3 Å². The van der Waals surface area contributed by atoms with E-state index in [1.807, 2.05) is 6.92 Å². The molecule has 2 rings (SSSR count). The fourth-order valence-electron chi connectivity index (χ4n) is 2.44. The third kappa shape index (κ3) is 5.44. The largest absolute Gasteiger partial charge is 0.312 e. The maximum Gasteiger partial charge on any atom is 0.261 e. The Hall–Kier alpha value is -3.12. The lowest BCUT2D eigenvalue weighted by Crippen LogP contribution is -2.27. The molecular weight excluding hydrogens is 372 g/mol. The van der Waals surface area contributed by atoms with Crippen LogP contribution in [0.1, 0.15) is 12.5 Å². The first kappa shape index (κ1) is 21.2. The number of allylic oxidation sites excluding steroid dienone is 4.